The van der Waals surface area contributed by atoms with Gasteiger partial charge in [0.05, 0.1) is 0 Å². The van der Waals surface area contributed by atoms with E-state index in [9.17, 15) is 9.18 Å². The van der Waals surface area contributed by atoms with Gasteiger partial charge in [-0.05, 0) is 60.7 Å². The van der Waals surface area contributed by atoms with E-state index >= 15 is 0 Å². The maximum absolute atomic E-state index is 14.8. The molecule has 7 heteroatoms. The zero-order valence-electron chi connectivity index (χ0n) is 15.8. The third kappa shape index (κ3) is 4.96. The lowest BCUT2D eigenvalue weighted by Crippen LogP contribution is -2.54. The van der Waals surface area contributed by atoms with Crippen LogP contribution in [-0.4, -0.2) is 22.4 Å². The number of nitrogens with two attached hydrogens (primary N) is 1. The summed E-state index contributed by atoms with van der Waals surface area (Å²) in [5.41, 5.74) is 6.41. The molecular formula is C22H22ClFN4O. The van der Waals surface area contributed by atoms with Gasteiger partial charge in [0.25, 0.3) is 0 Å². The number of pyridine rings is 2. The summed E-state index contributed by atoms with van der Waals surface area (Å²) in [5.74, 6) is -1.25. The SMILES string of the molecule is NC(=O)C(CCc1cccnc1)(NCCc1ccncc1)c1c(F)cccc1Cl. The number of carbonyl (C=O) groups excluding carboxylic acids is 1. The summed E-state index contributed by atoms with van der Waals surface area (Å²) >= 11 is 6.33. The minimum atomic E-state index is -1.45. The lowest BCUT2D eigenvalue weighted by Gasteiger charge is -2.33. The van der Waals surface area contributed by atoms with Crippen LogP contribution in [0.25, 0.3) is 0 Å². The van der Waals surface area contributed by atoms with Crippen LogP contribution < -0.4 is 11.1 Å². The summed E-state index contributed by atoms with van der Waals surface area (Å²) < 4.78 is 14.8. The third-order valence-electron chi connectivity index (χ3n) is 4.91. The van der Waals surface area contributed by atoms with Crippen molar-refractivity contribution >= 4 is 17.5 Å². The molecule has 2 heterocycles. The van der Waals surface area contributed by atoms with Crippen LogP contribution in [0.15, 0.2) is 67.3 Å². The van der Waals surface area contributed by atoms with Crippen molar-refractivity contribution in [3.63, 3.8) is 0 Å². The number of rotatable bonds is 9. The van der Waals surface area contributed by atoms with E-state index in [0.717, 1.165) is 11.1 Å². The minimum Gasteiger partial charge on any atom is -0.368 e. The molecule has 2 aromatic heterocycles. The van der Waals surface area contributed by atoms with Crippen molar-refractivity contribution in [3.8, 4) is 0 Å². The van der Waals surface area contributed by atoms with Crippen LogP contribution >= 0.6 is 11.6 Å². The zero-order chi connectivity index (χ0) is 20.7. The quantitative estimate of drug-likeness (QED) is 0.564. The normalized spacial score (nSPS) is 13.0. The van der Waals surface area contributed by atoms with E-state index in [-0.39, 0.29) is 17.0 Å². The van der Waals surface area contributed by atoms with Gasteiger partial charge in [0.1, 0.15) is 11.4 Å². The number of primary amides is 1. The Morgan fingerprint density at radius 1 is 1.03 bits per heavy atom. The van der Waals surface area contributed by atoms with Gasteiger partial charge in [0.2, 0.25) is 5.91 Å². The Hall–Kier alpha value is -2.83. The van der Waals surface area contributed by atoms with E-state index < -0.39 is 17.3 Å². The maximum atomic E-state index is 14.8. The fraction of sp³-hybridized carbons (Fsp3) is 0.227. The summed E-state index contributed by atoms with van der Waals surface area (Å²) in [7, 11) is 0. The zero-order valence-corrected chi connectivity index (χ0v) is 16.6. The first-order valence-corrected chi connectivity index (χ1v) is 9.68. The summed E-state index contributed by atoms with van der Waals surface area (Å²) in [5, 5.41) is 3.37. The van der Waals surface area contributed by atoms with Crippen LogP contribution in [0.3, 0.4) is 0 Å². The third-order valence-corrected chi connectivity index (χ3v) is 5.23. The molecule has 0 spiro atoms. The number of aromatic nitrogens is 2. The second kappa shape index (κ2) is 9.58. The van der Waals surface area contributed by atoms with Gasteiger partial charge < -0.3 is 5.73 Å². The molecule has 3 rings (SSSR count). The number of aryl methyl sites for hydroxylation is 1. The Balaban J connectivity index is 1.92. The molecule has 5 nitrogen and oxygen atoms in total. The molecule has 0 aliphatic rings. The fourth-order valence-corrected chi connectivity index (χ4v) is 3.71. The van der Waals surface area contributed by atoms with Gasteiger partial charge in [0, 0.05) is 41.9 Å². The fourth-order valence-electron chi connectivity index (χ4n) is 3.39. The van der Waals surface area contributed by atoms with Crippen LogP contribution in [-0.2, 0) is 23.2 Å². The van der Waals surface area contributed by atoms with Gasteiger partial charge in [0.15, 0.2) is 0 Å². The Bertz CT molecular complexity index is 935. The number of nitrogens with one attached hydrogen (secondary N) is 1. The predicted octanol–water partition coefficient (Wildman–Crippen LogP) is 3.41. The molecule has 29 heavy (non-hydrogen) atoms. The Kier molecular flexibility index (Phi) is 6.90. The maximum Gasteiger partial charge on any atom is 0.242 e. The molecule has 1 amide bonds. The second-order valence-corrected chi connectivity index (χ2v) is 7.17. The van der Waals surface area contributed by atoms with Gasteiger partial charge in [-0.1, -0.05) is 23.7 Å². The number of nitrogens with zero attached hydrogens (tertiary/aromatic N) is 2. The topological polar surface area (TPSA) is 80.9 Å². The molecule has 0 aliphatic heterocycles. The first-order chi connectivity index (χ1) is 14.0. The van der Waals surface area contributed by atoms with Crippen molar-refractivity contribution in [2.24, 2.45) is 5.73 Å². The van der Waals surface area contributed by atoms with Crippen molar-refractivity contribution in [2.45, 2.75) is 24.8 Å². The van der Waals surface area contributed by atoms with E-state index in [2.05, 4.69) is 15.3 Å². The highest BCUT2D eigenvalue weighted by Crippen LogP contribution is 2.34. The van der Waals surface area contributed by atoms with Gasteiger partial charge in [-0.2, -0.15) is 0 Å². The van der Waals surface area contributed by atoms with Crippen molar-refractivity contribution in [1.29, 1.82) is 0 Å². The van der Waals surface area contributed by atoms with Gasteiger partial charge in [-0.15, -0.1) is 0 Å². The Labute approximate surface area is 174 Å². The van der Waals surface area contributed by atoms with E-state index in [1.54, 1.807) is 30.9 Å². The molecule has 0 saturated heterocycles. The van der Waals surface area contributed by atoms with E-state index in [4.69, 9.17) is 17.3 Å². The Morgan fingerprint density at radius 2 is 1.83 bits per heavy atom. The standard InChI is InChI=1S/C22H22ClFN4O/c23-18-4-1-5-19(24)20(18)22(21(25)29,10-6-17-3-2-11-27-15-17)28-14-9-16-7-12-26-13-8-16/h1-5,7-8,11-13,15,28H,6,9-10,14H2,(H2,25,29). The highest BCUT2D eigenvalue weighted by Gasteiger charge is 2.41. The summed E-state index contributed by atoms with van der Waals surface area (Å²) in [4.78, 5) is 20.8. The molecule has 0 saturated carbocycles. The van der Waals surface area contributed by atoms with E-state index in [1.165, 1.54) is 12.1 Å². The second-order valence-electron chi connectivity index (χ2n) is 6.76. The lowest BCUT2D eigenvalue weighted by molar-refractivity contribution is -0.125. The molecule has 3 N–H and O–H groups in total. The molecule has 0 radical (unpaired) electrons. The molecule has 1 unspecified atom stereocenters. The van der Waals surface area contributed by atoms with E-state index in [0.29, 0.717) is 19.4 Å². The largest absolute Gasteiger partial charge is 0.368 e. The van der Waals surface area contributed by atoms with Crippen LogP contribution in [0, 0.1) is 5.82 Å². The van der Waals surface area contributed by atoms with Gasteiger partial charge in [-0.3, -0.25) is 20.1 Å². The molecule has 0 bridgehead atoms. The monoisotopic (exact) mass is 412 g/mol. The molecule has 0 fully saturated rings. The summed E-state index contributed by atoms with van der Waals surface area (Å²) in [6, 6.07) is 11.8. The molecule has 150 valence electrons. The van der Waals surface area contributed by atoms with Crippen LogP contribution in [0.4, 0.5) is 4.39 Å². The smallest absolute Gasteiger partial charge is 0.242 e. The summed E-state index contributed by atoms with van der Waals surface area (Å²) in [6.07, 6.45) is 8.13. The average molecular weight is 413 g/mol. The van der Waals surface area contributed by atoms with Crippen molar-refractivity contribution in [3.05, 3.63) is 94.8 Å². The molecule has 3 aromatic rings. The number of benzene rings is 1. The molecular weight excluding hydrogens is 391 g/mol. The number of hydrogen-bond acceptors (Lipinski definition) is 4. The number of hydrogen-bond donors (Lipinski definition) is 2. The lowest BCUT2D eigenvalue weighted by atomic mass is 9.82. The highest BCUT2D eigenvalue weighted by atomic mass is 35.5. The highest BCUT2D eigenvalue weighted by molar-refractivity contribution is 6.31. The van der Waals surface area contributed by atoms with Crippen molar-refractivity contribution < 1.29 is 9.18 Å². The Morgan fingerprint density at radius 3 is 2.48 bits per heavy atom. The van der Waals surface area contributed by atoms with Gasteiger partial charge in [-0.25, -0.2) is 4.39 Å². The van der Waals surface area contributed by atoms with E-state index in [1.807, 2.05) is 24.3 Å². The van der Waals surface area contributed by atoms with Crippen LogP contribution in [0.2, 0.25) is 5.02 Å². The van der Waals surface area contributed by atoms with Gasteiger partial charge >= 0.3 is 0 Å². The van der Waals surface area contributed by atoms with Crippen molar-refractivity contribution in [1.82, 2.24) is 15.3 Å². The molecule has 0 aliphatic carbocycles. The number of halogens is 2. The van der Waals surface area contributed by atoms with Crippen LogP contribution in [0.1, 0.15) is 23.1 Å². The first kappa shape index (κ1) is 20.9. The predicted molar refractivity (Wildman–Crippen MR) is 111 cm³/mol. The minimum absolute atomic E-state index is 0.0767. The first-order valence-electron chi connectivity index (χ1n) is 9.30. The number of carbonyl (C=O) groups is 1. The average Bonchev–Trinajstić information content (AvgIpc) is 2.72. The molecule has 1 atom stereocenters. The van der Waals surface area contributed by atoms with Crippen LogP contribution in [0.5, 0.6) is 0 Å². The number of amides is 1. The summed E-state index contributed by atoms with van der Waals surface area (Å²) in [6.45, 7) is 0.407. The van der Waals surface area contributed by atoms with Crippen molar-refractivity contribution in [2.75, 3.05) is 6.54 Å². The molecule has 1 aromatic carbocycles.